The fourth-order valence-electron chi connectivity index (χ4n) is 5.04. The highest BCUT2D eigenvalue weighted by atomic mass is 16.9. The van der Waals surface area contributed by atoms with E-state index < -0.39 is 29.9 Å². The lowest BCUT2D eigenvalue weighted by atomic mass is 9.86. The summed E-state index contributed by atoms with van der Waals surface area (Å²) in [6.45, 7) is 3.11. The summed E-state index contributed by atoms with van der Waals surface area (Å²) in [7, 11) is 0. The van der Waals surface area contributed by atoms with Crippen LogP contribution in [0.5, 0.6) is 5.75 Å². The molecule has 1 fully saturated rings. The third kappa shape index (κ3) is 8.99. The van der Waals surface area contributed by atoms with E-state index in [1.165, 1.54) is 5.56 Å². The molecule has 0 radical (unpaired) electrons. The van der Waals surface area contributed by atoms with Crippen LogP contribution in [-0.4, -0.2) is 47.7 Å². The fourth-order valence-corrected chi connectivity index (χ4v) is 5.04. The highest BCUT2D eigenvalue weighted by Crippen LogP contribution is 2.52. The van der Waals surface area contributed by atoms with Crippen molar-refractivity contribution in [1.29, 1.82) is 0 Å². The highest BCUT2D eigenvalue weighted by molar-refractivity contribution is 5.71. The average Bonchev–Trinajstić information content (AvgIpc) is 3.48. The van der Waals surface area contributed by atoms with E-state index in [2.05, 4.69) is 28.8 Å². The van der Waals surface area contributed by atoms with Gasteiger partial charge >= 0.3 is 11.9 Å². The standard InChI is InChI=1S/C29H37NO9/c1-3-4-8-20(2)24(31)16-14-21-15-17-25-28(21)23-11-5-9-22(29(23)39-25)10-6-12-26(32)36-19-37-27(33)13-7-18-38-30(34)35/h5,9,11,14,16,20-21,24-25,28,31H,6-8,10,12-13,15,17-19H2,1-2H3/b16-14+. The molecule has 39 heavy (non-hydrogen) atoms. The first-order chi connectivity index (χ1) is 18.8. The van der Waals surface area contributed by atoms with Crippen molar-refractivity contribution < 1.29 is 38.8 Å². The molecule has 1 aliphatic carbocycles. The van der Waals surface area contributed by atoms with Crippen molar-refractivity contribution in [2.45, 2.75) is 83.3 Å². The monoisotopic (exact) mass is 543 g/mol. The van der Waals surface area contributed by atoms with Gasteiger partial charge in [0, 0.05) is 30.7 Å². The van der Waals surface area contributed by atoms with Gasteiger partial charge in [-0.25, -0.2) is 0 Å². The Morgan fingerprint density at radius 3 is 2.69 bits per heavy atom. The van der Waals surface area contributed by atoms with Crippen LogP contribution in [0.1, 0.15) is 75.8 Å². The Hall–Kier alpha value is -3.58. The summed E-state index contributed by atoms with van der Waals surface area (Å²) in [5.74, 6) is 6.33. The molecular weight excluding hydrogens is 506 g/mol. The molecule has 1 aliphatic heterocycles. The summed E-state index contributed by atoms with van der Waals surface area (Å²) in [6, 6.07) is 6.15. The minimum absolute atomic E-state index is 0.0724. The second kappa shape index (κ2) is 15.1. The van der Waals surface area contributed by atoms with Crippen molar-refractivity contribution >= 4 is 11.9 Å². The number of allylic oxidation sites excluding steroid dienone is 1. The molecular formula is C29H37NO9. The number of aryl methyl sites for hydroxylation is 1. The quantitative estimate of drug-likeness (QED) is 0.0655. The maximum absolute atomic E-state index is 12.0. The molecule has 0 amide bonds. The lowest BCUT2D eigenvalue weighted by Gasteiger charge is -2.17. The Morgan fingerprint density at radius 2 is 1.97 bits per heavy atom. The van der Waals surface area contributed by atoms with Gasteiger partial charge in [0.05, 0.1) is 12.7 Å². The van der Waals surface area contributed by atoms with Gasteiger partial charge in [-0.1, -0.05) is 37.3 Å². The number of fused-ring (bicyclic) bond motifs is 3. The Balaban J connectivity index is 1.43. The highest BCUT2D eigenvalue weighted by Gasteiger charge is 2.44. The van der Waals surface area contributed by atoms with E-state index in [1.54, 1.807) is 6.92 Å². The SMILES string of the molecule is CC#CCC(C)C(O)/C=C/C1CCC2Oc3c(CCCC(=O)OCOC(=O)CCCO[N+](=O)[O-])cccc3C12. The molecule has 1 saturated carbocycles. The molecule has 3 rings (SSSR count). The fraction of sp³-hybridized carbons (Fsp3) is 0.586. The summed E-state index contributed by atoms with van der Waals surface area (Å²) >= 11 is 0. The average molecular weight is 544 g/mol. The maximum atomic E-state index is 12.0. The van der Waals surface area contributed by atoms with Crippen LogP contribution in [-0.2, 0) is 30.3 Å². The zero-order valence-corrected chi connectivity index (χ0v) is 22.5. The number of hydrogen-bond donors (Lipinski definition) is 1. The summed E-state index contributed by atoms with van der Waals surface area (Å²) in [4.78, 5) is 37.8. The van der Waals surface area contributed by atoms with Gasteiger partial charge in [-0.05, 0) is 56.4 Å². The topological polar surface area (TPSA) is 134 Å². The number of nitrogens with zero attached hydrogens (tertiary/aromatic N) is 1. The van der Waals surface area contributed by atoms with Crippen LogP contribution in [0.2, 0.25) is 0 Å². The minimum atomic E-state index is -0.928. The second-order valence-electron chi connectivity index (χ2n) is 9.91. The number of carbonyl (C=O) groups excluding carboxylic acids is 2. The predicted molar refractivity (Wildman–Crippen MR) is 141 cm³/mol. The zero-order valence-electron chi connectivity index (χ0n) is 22.5. The Kier molecular flexibility index (Phi) is 11.6. The number of para-hydroxylation sites is 1. The molecule has 0 aromatic heterocycles. The predicted octanol–water partition coefficient (Wildman–Crippen LogP) is 4.26. The molecule has 5 unspecified atom stereocenters. The molecule has 1 aromatic carbocycles. The molecule has 2 aliphatic rings. The molecule has 1 heterocycles. The number of aliphatic hydroxyl groups excluding tert-OH is 1. The summed E-state index contributed by atoms with van der Waals surface area (Å²) < 4.78 is 16.1. The molecule has 10 nitrogen and oxygen atoms in total. The molecule has 212 valence electrons. The van der Waals surface area contributed by atoms with Crippen molar-refractivity contribution in [3.05, 3.63) is 51.6 Å². The smallest absolute Gasteiger partial charge is 0.308 e. The molecule has 0 spiro atoms. The first kappa shape index (κ1) is 30.0. The van der Waals surface area contributed by atoms with E-state index in [-0.39, 0.29) is 43.8 Å². The van der Waals surface area contributed by atoms with E-state index in [9.17, 15) is 24.8 Å². The summed E-state index contributed by atoms with van der Waals surface area (Å²) in [5, 5.41) is 19.6. The summed E-state index contributed by atoms with van der Waals surface area (Å²) in [6.07, 6.45) is 7.66. The largest absolute Gasteiger partial charge is 0.489 e. The Morgan fingerprint density at radius 1 is 1.23 bits per heavy atom. The van der Waals surface area contributed by atoms with Crippen LogP contribution >= 0.6 is 0 Å². The number of ether oxygens (including phenoxy) is 3. The van der Waals surface area contributed by atoms with E-state index in [0.29, 0.717) is 25.2 Å². The zero-order chi connectivity index (χ0) is 28.2. The van der Waals surface area contributed by atoms with Crippen LogP contribution in [0.25, 0.3) is 0 Å². The third-order valence-electron chi connectivity index (χ3n) is 7.13. The number of carbonyl (C=O) groups is 2. The van der Waals surface area contributed by atoms with Gasteiger partial charge in [0.1, 0.15) is 11.9 Å². The molecule has 10 heteroatoms. The van der Waals surface area contributed by atoms with Gasteiger partial charge in [0.25, 0.3) is 5.09 Å². The van der Waals surface area contributed by atoms with Gasteiger partial charge in [-0.2, -0.15) is 0 Å². The van der Waals surface area contributed by atoms with E-state index in [1.807, 2.05) is 25.1 Å². The van der Waals surface area contributed by atoms with Gasteiger partial charge < -0.3 is 24.2 Å². The number of hydrogen-bond acceptors (Lipinski definition) is 9. The van der Waals surface area contributed by atoms with Crippen molar-refractivity contribution in [2.24, 2.45) is 11.8 Å². The second-order valence-corrected chi connectivity index (χ2v) is 9.91. The van der Waals surface area contributed by atoms with Crippen molar-refractivity contribution in [3.63, 3.8) is 0 Å². The maximum Gasteiger partial charge on any atom is 0.308 e. The first-order valence-electron chi connectivity index (χ1n) is 13.4. The van der Waals surface area contributed by atoms with E-state index in [0.717, 1.165) is 24.2 Å². The molecule has 1 aromatic rings. The third-order valence-corrected chi connectivity index (χ3v) is 7.13. The van der Waals surface area contributed by atoms with Gasteiger partial charge in [0.15, 0.2) is 0 Å². The number of rotatable bonds is 15. The van der Waals surface area contributed by atoms with E-state index >= 15 is 0 Å². The lowest BCUT2D eigenvalue weighted by Crippen LogP contribution is -2.17. The summed E-state index contributed by atoms with van der Waals surface area (Å²) in [5.41, 5.74) is 2.23. The first-order valence-corrected chi connectivity index (χ1v) is 13.4. The number of benzene rings is 1. The van der Waals surface area contributed by atoms with Crippen LogP contribution in [0.15, 0.2) is 30.4 Å². The minimum Gasteiger partial charge on any atom is -0.489 e. The molecule has 5 atom stereocenters. The van der Waals surface area contributed by atoms with Crippen molar-refractivity contribution in [3.8, 4) is 17.6 Å². The van der Waals surface area contributed by atoms with Crippen molar-refractivity contribution in [2.75, 3.05) is 13.4 Å². The van der Waals surface area contributed by atoms with Crippen LogP contribution < -0.4 is 4.74 Å². The van der Waals surface area contributed by atoms with Crippen LogP contribution in [0, 0.1) is 33.8 Å². The Labute approximate surface area is 228 Å². The normalized spacial score (nSPS) is 20.6. The van der Waals surface area contributed by atoms with Crippen LogP contribution in [0.3, 0.4) is 0 Å². The lowest BCUT2D eigenvalue weighted by molar-refractivity contribution is -0.757. The van der Waals surface area contributed by atoms with Gasteiger partial charge in [-0.3, -0.25) is 9.59 Å². The van der Waals surface area contributed by atoms with E-state index in [4.69, 9.17) is 14.2 Å². The number of aliphatic hydroxyl groups is 1. The van der Waals surface area contributed by atoms with Gasteiger partial charge in [0.2, 0.25) is 6.79 Å². The Bertz CT molecular complexity index is 1090. The molecule has 0 bridgehead atoms. The van der Waals surface area contributed by atoms with Gasteiger partial charge in [-0.15, -0.1) is 22.0 Å². The number of esters is 2. The molecule has 1 N–H and O–H groups in total. The van der Waals surface area contributed by atoms with Crippen molar-refractivity contribution in [1.82, 2.24) is 0 Å². The van der Waals surface area contributed by atoms with Crippen LogP contribution in [0.4, 0.5) is 0 Å². The molecule has 0 saturated heterocycles.